The molecule has 3 aromatic carbocycles. The van der Waals surface area contributed by atoms with Gasteiger partial charge >= 0.3 is 26.5 Å². The number of sulfonamides is 1. The number of hydrogen-bond acceptors (Lipinski definition) is 4. The Morgan fingerprint density at radius 3 is 1.38 bits per heavy atom. The molecule has 4 N–H and O–H groups in total. The first-order chi connectivity index (χ1) is 17.8. The van der Waals surface area contributed by atoms with Crippen molar-refractivity contribution in [3.05, 3.63) is 99.5 Å². The fourth-order valence-electron chi connectivity index (χ4n) is 3.38. The number of halogens is 5. The van der Waals surface area contributed by atoms with Crippen molar-refractivity contribution in [3.8, 4) is 0 Å². The summed E-state index contributed by atoms with van der Waals surface area (Å²) in [6.45, 7) is -0.850. The third-order valence-corrected chi connectivity index (χ3v) is 10.3. The first kappa shape index (κ1) is 31.6. The van der Waals surface area contributed by atoms with E-state index in [0.717, 1.165) is 52.8 Å². The van der Waals surface area contributed by atoms with Crippen LogP contribution in [0.25, 0.3) is 0 Å². The van der Waals surface area contributed by atoms with Crippen LogP contribution in [0.15, 0.2) is 82.2 Å². The average molecular weight is 676 g/mol. The fraction of sp³-hybridized carbons (Fsp3) is 0.182. The minimum Gasteiger partial charge on any atom is -0.320 e. The van der Waals surface area contributed by atoms with Gasteiger partial charge in [-0.05, 0) is 39.2 Å². The number of benzene rings is 3. The van der Waals surface area contributed by atoms with Crippen molar-refractivity contribution in [2.24, 2.45) is 0 Å². The van der Waals surface area contributed by atoms with Crippen LogP contribution in [0.5, 0.6) is 0 Å². The molecule has 3 aromatic rings. The Labute approximate surface area is 228 Å². The van der Waals surface area contributed by atoms with Gasteiger partial charge in [0.25, 0.3) is 0 Å². The van der Waals surface area contributed by atoms with Crippen molar-refractivity contribution in [1.29, 1.82) is 0 Å². The molecule has 0 spiro atoms. The SMILES string of the molecule is O=P(O)(O)C(F)(F)c1ccc(CN(Cc2ccc(C(F)(F)P(=O)(O)O)cc2)S(=O)(=O)c2ccccc2Br)cc1. The van der Waals surface area contributed by atoms with Crippen molar-refractivity contribution in [2.45, 2.75) is 29.3 Å². The van der Waals surface area contributed by atoms with E-state index in [9.17, 15) is 35.1 Å². The zero-order valence-electron chi connectivity index (χ0n) is 19.4. The van der Waals surface area contributed by atoms with Crippen LogP contribution in [0.1, 0.15) is 22.3 Å². The summed E-state index contributed by atoms with van der Waals surface area (Å²) in [5.74, 6) is 0. The van der Waals surface area contributed by atoms with Crippen molar-refractivity contribution in [1.82, 2.24) is 4.31 Å². The topological polar surface area (TPSA) is 152 Å². The fourth-order valence-corrected chi connectivity index (χ4v) is 6.73. The van der Waals surface area contributed by atoms with E-state index in [0.29, 0.717) is 0 Å². The van der Waals surface area contributed by atoms with Crippen LogP contribution in [0.2, 0.25) is 0 Å². The highest BCUT2D eigenvalue weighted by molar-refractivity contribution is 9.10. The zero-order chi connectivity index (χ0) is 29.4. The molecule has 9 nitrogen and oxygen atoms in total. The molecule has 0 aliphatic rings. The molecule has 0 atom stereocenters. The van der Waals surface area contributed by atoms with Crippen LogP contribution in [-0.2, 0) is 43.6 Å². The monoisotopic (exact) mass is 675 g/mol. The summed E-state index contributed by atoms with van der Waals surface area (Å²) in [7, 11) is -16.0. The molecule has 0 amide bonds. The van der Waals surface area contributed by atoms with Crippen molar-refractivity contribution in [3.63, 3.8) is 0 Å². The number of hydrogen-bond donors (Lipinski definition) is 4. The van der Waals surface area contributed by atoms with E-state index in [1.807, 2.05) is 0 Å². The minimum absolute atomic E-state index is 0.153. The van der Waals surface area contributed by atoms with Gasteiger partial charge in [0.2, 0.25) is 10.0 Å². The molecular weight excluding hydrogens is 656 g/mol. The molecule has 17 heteroatoms. The molecule has 0 saturated carbocycles. The van der Waals surface area contributed by atoms with E-state index < -0.39 is 60.8 Å². The van der Waals surface area contributed by atoms with Crippen molar-refractivity contribution >= 4 is 41.1 Å². The van der Waals surface area contributed by atoms with Gasteiger partial charge in [0.05, 0.1) is 4.90 Å². The molecular formula is C22H20BrF4NO8P2S. The Kier molecular flexibility index (Phi) is 9.04. The third kappa shape index (κ3) is 6.70. The lowest BCUT2D eigenvalue weighted by atomic mass is 10.1. The Hall–Kier alpha value is -1.93. The molecule has 0 fully saturated rings. The molecule has 0 saturated heterocycles. The molecule has 0 unspecified atom stereocenters. The summed E-state index contributed by atoms with van der Waals surface area (Å²) >= 11 is 3.15. The molecule has 0 bridgehead atoms. The van der Waals surface area contributed by atoms with Crippen molar-refractivity contribution in [2.75, 3.05) is 0 Å². The predicted molar refractivity (Wildman–Crippen MR) is 135 cm³/mol. The lowest BCUT2D eigenvalue weighted by Gasteiger charge is -2.24. The highest BCUT2D eigenvalue weighted by Crippen LogP contribution is 2.60. The second-order valence-electron chi connectivity index (χ2n) is 8.27. The van der Waals surface area contributed by atoms with Crippen LogP contribution in [0, 0.1) is 0 Å². The lowest BCUT2D eigenvalue weighted by molar-refractivity contribution is 0.0564. The smallest absolute Gasteiger partial charge is 0.320 e. The first-order valence-electron chi connectivity index (χ1n) is 10.6. The maximum Gasteiger partial charge on any atom is 0.399 e. The van der Waals surface area contributed by atoms with E-state index in [-0.39, 0.29) is 20.5 Å². The molecule has 0 heterocycles. The van der Waals surface area contributed by atoms with Gasteiger partial charge in [-0.25, -0.2) is 8.42 Å². The van der Waals surface area contributed by atoms with Gasteiger partial charge < -0.3 is 19.6 Å². The molecule has 212 valence electrons. The van der Waals surface area contributed by atoms with Crippen LogP contribution < -0.4 is 0 Å². The summed E-state index contributed by atoms with van der Waals surface area (Å²) in [6, 6.07) is 13.0. The normalized spacial score (nSPS) is 13.6. The standard InChI is InChI=1S/C22H20BrF4NO8P2S/c23-19-3-1-2-4-20(19)39(35,36)28(13-15-5-9-17(10-6-15)21(24,25)37(29,30)31)14-16-7-11-18(12-8-16)22(26,27)38(32,33)34/h1-12H,13-14H2,(H2,29,30,31)(H2,32,33,34). The molecule has 0 radical (unpaired) electrons. The lowest BCUT2D eigenvalue weighted by Crippen LogP contribution is -2.30. The van der Waals surface area contributed by atoms with Gasteiger partial charge in [0.1, 0.15) is 0 Å². The Morgan fingerprint density at radius 1 is 0.692 bits per heavy atom. The van der Waals surface area contributed by atoms with Gasteiger partial charge in [0.15, 0.2) is 0 Å². The van der Waals surface area contributed by atoms with E-state index in [1.54, 1.807) is 6.07 Å². The van der Waals surface area contributed by atoms with Gasteiger partial charge in [-0.1, -0.05) is 60.7 Å². The number of rotatable bonds is 10. The first-order valence-corrected chi connectivity index (χ1v) is 16.0. The van der Waals surface area contributed by atoms with Crippen LogP contribution >= 0.6 is 31.1 Å². The van der Waals surface area contributed by atoms with E-state index in [4.69, 9.17) is 19.6 Å². The van der Waals surface area contributed by atoms with Crippen LogP contribution in [0.3, 0.4) is 0 Å². The Balaban J connectivity index is 1.99. The van der Waals surface area contributed by atoms with Crippen LogP contribution in [-0.4, -0.2) is 32.3 Å². The maximum atomic E-state index is 14.0. The second kappa shape index (κ2) is 11.2. The molecule has 0 aromatic heterocycles. The highest BCUT2D eigenvalue weighted by Gasteiger charge is 2.51. The summed E-state index contributed by atoms with van der Waals surface area (Å²) < 4.78 is 106. The molecule has 3 rings (SSSR count). The van der Waals surface area contributed by atoms with Gasteiger partial charge in [-0.15, -0.1) is 0 Å². The quantitative estimate of drug-likeness (QED) is 0.167. The van der Waals surface area contributed by atoms with Gasteiger partial charge in [-0.2, -0.15) is 21.9 Å². The third-order valence-electron chi connectivity index (χ3n) is 5.51. The highest BCUT2D eigenvalue weighted by atomic mass is 79.9. The zero-order valence-corrected chi connectivity index (χ0v) is 23.6. The number of nitrogens with zero attached hydrogens (tertiary/aromatic N) is 1. The minimum atomic E-state index is -5.83. The van der Waals surface area contributed by atoms with Crippen LogP contribution in [0.4, 0.5) is 17.6 Å². The van der Waals surface area contributed by atoms with Gasteiger partial charge in [-0.3, -0.25) is 9.13 Å². The largest absolute Gasteiger partial charge is 0.399 e. The van der Waals surface area contributed by atoms with Crippen molar-refractivity contribution < 1.29 is 54.7 Å². The molecule has 39 heavy (non-hydrogen) atoms. The Morgan fingerprint density at radius 2 is 1.05 bits per heavy atom. The van der Waals surface area contributed by atoms with E-state index in [1.165, 1.54) is 18.2 Å². The summed E-state index contributed by atoms with van der Waals surface area (Å²) in [4.78, 5) is 35.6. The summed E-state index contributed by atoms with van der Waals surface area (Å²) in [6.07, 6.45) is 0. The van der Waals surface area contributed by atoms with E-state index >= 15 is 0 Å². The molecule has 0 aliphatic heterocycles. The average Bonchev–Trinajstić information content (AvgIpc) is 2.83. The molecule has 0 aliphatic carbocycles. The van der Waals surface area contributed by atoms with E-state index in [2.05, 4.69) is 15.9 Å². The Bertz CT molecular complexity index is 1470. The maximum absolute atomic E-state index is 14.0. The summed E-state index contributed by atoms with van der Waals surface area (Å²) in [5.41, 5.74) is -10.6. The number of alkyl halides is 4. The second-order valence-corrected chi connectivity index (χ2v) is 14.3. The predicted octanol–water partition coefficient (Wildman–Crippen LogP) is 5.29. The summed E-state index contributed by atoms with van der Waals surface area (Å²) in [5, 5.41) is 0. The van der Waals surface area contributed by atoms with Gasteiger partial charge in [0, 0.05) is 28.7 Å².